The molecule has 5 nitrogen and oxygen atoms in total. The van der Waals surface area contributed by atoms with Crippen LogP contribution in [-0.4, -0.2) is 23.0 Å². The lowest BCUT2D eigenvalue weighted by atomic mass is 10.3. The van der Waals surface area contributed by atoms with E-state index in [0.29, 0.717) is 0 Å². The molecule has 0 bridgehead atoms. The highest BCUT2D eigenvalue weighted by atomic mass is 16.4. The third-order valence-corrected chi connectivity index (χ3v) is 1.00. The Kier molecular flexibility index (Phi) is 3.67. The van der Waals surface area contributed by atoms with E-state index >= 15 is 0 Å². The van der Waals surface area contributed by atoms with E-state index in [4.69, 9.17) is 10.4 Å². The lowest BCUT2D eigenvalue weighted by molar-refractivity contribution is -0.140. The van der Waals surface area contributed by atoms with Crippen LogP contribution >= 0.6 is 0 Å². The summed E-state index contributed by atoms with van der Waals surface area (Å²) in [4.78, 5) is 20.7. The van der Waals surface area contributed by atoms with Crippen LogP contribution in [0.1, 0.15) is 13.3 Å². The summed E-state index contributed by atoms with van der Waals surface area (Å²) in [6.07, 6.45) is 0.172. The molecule has 0 aromatic rings. The smallest absolute Gasteiger partial charge is 0.341 e. The monoisotopic (exact) mass is 156 g/mol. The maximum absolute atomic E-state index is 10.6. The minimum atomic E-state index is -1.43. The van der Waals surface area contributed by atoms with Crippen LogP contribution in [0.4, 0.5) is 0 Å². The summed E-state index contributed by atoms with van der Waals surface area (Å²) in [7, 11) is 0. The van der Waals surface area contributed by atoms with Crippen LogP contribution in [-0.2, 0) is 9.59 Å². The summed E-state index contributed by atoms with van der Waals surface area (Å²) in [5, 5.41) is 18.5. The molecule has 0 aromatic carbocycles. The Balaban J connectivity index is 4.01. The Hall–Kier alpha value is -1.57. The topological polar surface area (TPSA) is 90.2 Å². The van der Waals surface area contributed by atoms with Crippen molar-refractivity contribution in [1.82, 2.24) is 5.32 Å². The van der Waals surface area contributed by atoms with Gasteiger partial charge in [-0.05, 0) is 0 Å². The van der Waals surface area contributed by atoms with Gasteiger partial charge in [0.25, 0.3) is 0 Å². The van der Waals surface area contributed by atoms with Crippen molar-refractivity contribution in [3.05, 3.63) is 0 Å². The number of carbonyl (C=O) groups is 2. The number of hydrogen-bond donors (Lipinski definition) is 2. The van der Waals surface area contributed by atoms with Crippen LogP contribution in [0.5, 0.6) is 0 Å². The van der Waals surface area contributed by atoms with Crippen LogP contribution in [0, 0.1) is 11.3 Å². The van der Waals surface area contributed by atoms with E-state index in [9.17, 15) is 9.59 Å². The van der Waals surface area contributed by atoms with Gasteiger partial charge in [0.1, 0.15) is 0 Å². The second kappa shape index (κ2) is 4.28. The SMILES string of the molecule is CCC(=O)NC(C#N)C(=O)O. The number of carboxylic acid groups (broad SMARTS) is 1. The van der Waals surface area contributed by atoms with Crippen LogP contribution in [0.2, 0.25) is 0 Å². The van der Waals surface area contributed by atoms with Crippen LogP contribution in [0.15, 0.2) is 0 Å². The third-order valence-electron chi connectivity index (χ3n) is 1.00. The third kappa shape index (κ3) is 3.20. The number of nitriles is 1. The highest BCUT2D eigenvalue weighted by Gasteiger charge is 2.17. The second-order valence-corrected chi connectivity index (χ2v) is 1.82. The van der Waals surface area contributed by atoms with Gasteiger partial charge in [-0.15, -0.1) is 0 Å². The number of amides is 1. The van der Waals surface area contributed by atoms with Crippen molar-refractivity contribution in [2.24, 2.45) is 0 Å². The molecule has 0 saturated heterocycles. The number of aliphatic carboxylic acids is 1. The lowest BCUT2D eigenvalue weighted by Gasteiger charge is -2.03. The normalized spacial score (nSPS) is 11.3. The highest BCUT2D eigenvalue weighted by Crippen LogP contribution is 1.83. The molecule has 2 N–H and O–H groups in total. The average Bonchev–Trinajstić information content (AvgIpc) is 1.99. The van der Waals surface area contributed by atoms with Crippen molar-refractivity contribution in [2.45, 2.75) is 19.4 Å². The molecule has 0 rings (SSSR count). The minimum Gasteiger partial charge on any atom is -0.479 e. The molecule has 1 amide bonds. The molecule has 60 valence electrons. The fourth-order valence-corrected chi connectivity index (χ4v) is 0.412. The summed E-state index contributed by atoms with van der Waals surface area (Å²) < 4.78 is 0. The van der Waals surface area contributed by atoms with Crippen molar-refractivity contribution >= 4 is 11.9 Å². The van der Waals surface area contributed by atoms with Gasteiger partial charge in [0, 0.05) is 6.42 Å². The maximum atomic E-state index is 10.6. The largest absolute Gasteiger partial charge is 0.479 e. The number of rotatable bonds is 3. The van der Waals surface area contributed by atoms with Crippen LogP contribution in [0.3, 0.4) is 0 Å². The molecule has 0 spiro atoms. The van der Waals surface area contributed by atoms with Gasteiger partial charge in [0.2, 0.25) is 11.9 Å². The Morgan fingerprint density at radius 1 is 1.73 bits per heavy atom. The number of nitrogens with one attached hydrogen (secondary N) is 1. The van der Waals surface area contributed by atoms with Gasteiger partial charge in [-0.25, -0.2) is 4.79 Å². The average molecular weight is 156 g/mol. The molecular weight excluding hydrogens is 148 g/mol. The Bertz CT molecular complexity index is 206. The second-order valence-electron chi connectivity index (χ2n) is 1.82. The van der Waals surface area contributed by atoms with Gasteiger partial charge in [-0.2, -0.15) is 5.26 Å². The first-order valence-electron chi connectivity index (χ1n) is 3.03. The molecule has 0 heterocycles. The molecular formula is C6H8N2O3. The molecule has 0 aliphatic carbocycles. The summed E-state index contributed by atoms with van der Waals surface area (Å²) >= 11 is 0. The van der Waals surface area contributed by atoms with E-state index in [0.717, 1.165) is 0 Å². The standard InChI is InChI=1S/C6H8N2O3/c1-2-5(9)8-4(3-7)6(10)11/h4H,2H2,1H3,(H,8,9)(H,10,11). The fourth-order valence-electron chi connectivity index (χ4n) is 0.412. The summed E-state index contributed by atoms with van der Waals surface area (Å²) in [5.41, 5.74) is 0. The van der Waals surface area contributed by atoms with Gasteiger partial charge in [0.05, 0.1) is 6.07 Å². The number of carbonyl (C=O) groups excluding carboxylic acids is 1. The van der Waals surface area contributed by atoms with Gasteiger partial charge >= 0.3 is 5.97 Å². The zero-order chi connectivity index (χ0) is 8.85. The van der Waals surface area contributed by atoms with Crippen molar-refractivity contribution in [2.75, 3.05) is 0 Å². The first-order valence-corrected chi connectivity index (χ1v) is 3.03. The quantitative estimate of drug-likeness (QED) is 0.575. The Labute approximate surface area is 63.6 Å². The first-order chi connectivity index (χ1) is 5.11. The number of carboxylic acids is 1. The molecule has 0 aliphatic heterocycles. The molecule has 11 heavy (non-hydrogen) atoms. The first kappa shape index (κ1) is 9.43. The maximum Gasteiger partial charge on any atom is 0.341 e. The van der Waals surface area contributed by atoms with Crippen molar-refractivity contribution in [3.8, 4) is 6.07 Å². The molecule has 5 heteroatoms. The van der Waals surface area contributed by atoms with E-state index in [1.807, 2.05) is 5.32 Å². The zero-order valence-electron chi connectivity index (χ0n) is 6.00. The molecule has 1 unspecified atom stereocenters. The van der Waals surface area contributed by atoms with Crippen LogP contribution < -0.4 is 5.32 Å². The van der Waals surface area contributed by atoms with E-state index in [-0.39, 0.29) is 6.42 Å². The fraction of sp³-hybridized carbons (Fsp3) is 0.500. The molecule has 0 aliphatic rings. The van der Waals surface area contributed by atoms with Gasteiger partial charge in [-0.3, -0.25) is 4.79 Å². The predicted molar refractivity (Wildman–Crippen MR) is 35.5 cm³/mol. The van der Waals surface area contributed by atoms with Crippen molar-refractivity contribution < 1.29 is 14.7 Å². The summed E-state index contributed by atoms with van der Waals surface area (Å²) in [6.45, 7) is 1.58. The van der Waals surface area contributed by atoms with Gasteiger partial charge in [-0.1, -0.05) is 6.92 Å². The van der Waals surface area contributed by atoms with E-state index < -0.39 is 17.9 Å². The summed E-state index contributed by atoms with van der Waals surface area (Å²) in [5.74, 6) is -1.78. The molecule has 0 radical (unpaired) electrons. The van der Waals surface area contributed by atoms with E-state index in [2.05, 4.69) is 0 Å². The lowest BCUT2D eigenvalue weighted by Crippen LogP contribution is -2.39. The van der Waals surface area contributed by atoms with Gasteiger partial charge < -0.3 is 10.4 Å². The van der Waals surface area contributed by atoms with Gasteiger partial charge in [0.15, 0.2) is 0 Å². The highest BCUT2D eigenvalue weighted by molar-refractivity contribution is 5.85. The van der Waals surface area contributed by atoms with Crippen molar-refractivity contribution in [1.29, 1.82) is 5.26 Å². The Morgan fingerprint density at radius 3 is 2.55 bits per heavy atom. The number of hydrogen-bond acceptors (Lipinski definition) is 3. The summed E-state index contributed by atoms with van der Waals surface area (Å²) in [6, 6.07) is 0.00694. The number of nitrogens with zero attached hydrogens (tertiary/aromatic N) is 1. The molecule has 1 atom stereocenters. The van der Waals surface area contributed by atoms with Crippen LogP contribution in [0.25, 0.3) is 0 Å². The zero-order valence-corrected chi connectivity index (χ0v) is 6.00. The van der Waals surface area contributed by atoms with Crippen molar-refractivity contribution in [3.63, 3.8) is 0 Å². The van der Waals surface area contributed by atoms with E-state index in [1.165, 1.54) is 6.07 Å². The Morgan fingerprint density at radius 2 is 2.27 bits per heavy atom. The predicted octanol–water partition coefficient (Wildman–Crippen LogP) is -0.511. The molecule has 0 aromatic heterocycles. The molecule has 0 saturated carbocycles. The molecule has 0 fully saturated rings. The minimum absolute atomic E-state index is 0.172. The van der Waals surface area contributed by atoms with E-state index in [1.54, 1.807) is 6.92 Å².